The third kappa shape index (κ3) is 3.39. The molecule has 0 atom stereocenters. The fraction of sp³-hybridized carbons (Fsp3) is 0.381. The summed E-state index contributed by atoms with van der Waals surface area (Å²) in [7, 11) is -3.45. The number of sulfonamides is 1. The third-order valence-electron chi connectivity index (χ3n) is 5.40. The van der Waals surface area contributed by atoms with Crippen LogP contribution < -0.4 is 4.90 Å². The lowest BCUT2D eigenvalue weighted by atomic mass is 9.99. The topological polar surface area (TPSA) is 57.7 Å². The zero-order valence-electron chi connectivity index (χ0n) is 15.5. The first kappa shape index (κ1) is 18.2. The van der Waals surface area contributed by atoms with Crippen LogP contribution in [0.5, 0.6) is 0 Å². The van der Waals surface area contributed by atoms with Gasteiger partial charge in [-0.05, 0) is 68.5 Å². The van der Waals surface area contributed by atoms with Crippen LogP contribution in [0.3, 0.4) is 0 Å². The van der Waals surface area contributed by atoms with Crippen molar-refractivity contribution >= 4 is 21.6 Å². The number of carbonyl (C=O) groups excluding carboxylic acids is 1. The highest BCUT2D eigenvalue weighted by atomic mass is 32.2. The van der Waals surface area contributed by atoms with E-state index in [1.807, 2.05) is 17.0 Å². The van der Waals surface area contributed by atoms with Crippen LogP contribution in [0, 0.1) is 6.92 Å². The van der Waals surface area contributed by atoms with Gasteiger partial charge in [-0.15, -0.1) is 0 Å². The van der Waals surface area contributed by atoms with E-state index in [0.29, 0.717) is 25.2 Å². The number of fused-ring (bicyclic) bond motifs is 1. The van der Waals surface area contributed by atoms with E-state index in [9.17, 15) is 13.2 Å². The maximum atomic E-state index is 13.0. The van der Waals surface area contributed by atoms with E-state index < -0.39 is 10.0 Å². The Kier molecular flexibility index (Phi) is 4.78. The highest BCUT2D eigenvalue weighted by molar-refractivity contribution is 7.89. The summed E-state index contributed by atoms with van der Waals surface area (Å²) in [5, 5.41) is 0. The van der Waals surface area contributed by atoms with E-state index in [1.54, 1.807) is 24.3 Å². The van der Waals surface area contributed by atoms with Gasteiger partial charge in [0.25, 0.3) is 5.91 Å². The van der Waals surface area contributed by atoms with Gasteiger partial charge in [0.05, 0.1) is 4.90 Å². The molecule has 2 aliphatic heterocycles. The number of benzene rings is 2. The Morgan fingerprint density at radius 2 is 1.63 bits per heavy atom. The van der Waals surface area contributed by atoms with Crippen molar-refractivity contribution in [2.45, 2.75) is 37.5 Å². The van der Waals surface area contributed by atoms with Gasteiger partial charge in [-0.1, -0.05) is 17.7 Å². The number of amides is 1. The molecule has 6 heteroatoms. The molecule has 27 heavy (non-hydrogen) atoms. The molecule has 1 amide bonds. The summed E-state index contributed by atoms with van der Waals surface area (Å²) in [6.07, 6.45) is 3.73. The molecule has 142 valence electrons. The number of aryl methyl sites for hydroxylation is 2. The molecule has 0 aliphatic carbocycles. The lowest BCUT2D eigenvalue weighted by Gasteiger charge is -2.30. The molecule has 2 aromatic rings. The van der Waals surface area contributed by atoms with E-state index in [1.165, 1.54) is 15.4 Å². The Balaban J connectivity index is 1.59. The van der Waals surface area contributed by atoms with Crippen LogP contribution in [0.4, 0.5) is 5.69 Å². The standard InChI is InChI=1S/C21H24N2O3S/c1-16-6-11-20-18(15-16)5-4-14-23(20)21(24)17-7-9-19(10-8-17)27(25,26)22-12-2-3-13-22/h6-11,15H,2-5,12-14H2,1H3. The van der Waals surface area contributed by atoms with Crippen molar-refractivity contribution in [1.29, 1.82) is 0 Å². The van der Waals surface area contributed by atoms with Crippen LogP contribution in [-0.4, -0.2) is 38.3 Å². The maximum absolute atomic E-state index is 13.0. The van der Waals surface area contributed by atoms with Crippen LogP contribution >= 0.6 is 0 Å². The number of hydrogen-bond donors (Lipinski definition) is 0. The van der Waals surface area contributed by atoms with Gasteiger partial charge in [0.15, 0.2) is 0 Å². The summed E-state index contributed by atoms with van der Waals surface area (Å²) in [6.45, 7) is 3.89. The van der Waals surface area contributed by atoms with E-state index in [0.717, 1.165) is 31.4 Å². The molecule has 2 heterocycles. The van der Waals surface area contributed by atoms with E-state index in [-0.39, 0.29) is 10.8 Å². The minimum absolute atomic E-state index is 0.0788. The van der Waals surface area contributed by atoms with Crippen LogP contribution in [0.15, 0.2) is 47.4 Å². The zero-order valence-corrected chi connectivity index (χ0v) is 16.3. The zero-order chi connectivity index (χ0) is 19.0. The highest BCUT2D eigenvalue weighted by Crippen LogP contribution is 2.29. The van der Waals surface area contributed by atoms with Gasteiger partial charge >= 0.3 is 0 Å². The molecular weight excluding hydrogens is 360 g/mol. The summed E-state index contributed by atoms with van der Waals surface area (Å²) in [5.74, 6) is -0.0788. The van der Waals surface area contributed by atoms with Crippen molar-refractivity contribution in [3.63, 3.8) is 0 Å². The largest absolute Gasteiger partial charge is 0.308 e. The fourth-order valence-electron chi connectivity index (χ4n) is 3.94. The van der Waals surface area contributed by atoms with Crippen molar-refractivity contribution < 1.29 is 13.2 Å². The quantitative estimate of drug-likeness (QED) is 0.815. The van der Waals surface area contributed by atoms with Crippen molar-refractivity contribution in [3.8, 4) is 0 Å². The molecule has 1 fully saturated rings. The Hall–Kier alpha value is -2.18. The molecule has 1 saturated heterocycles. The lowest BCUT2D eigenvalue weighted by molar-refractivity contribution is 0.0985. The second-order valence-electron chi connectivity index (χ2n) is 7.33. The first-order chi connectivity index (χ1) is 13.0. The van der Waals surface area contributed by atoms with Crippen molar-refractivity contribution in [2.75, 3.05) is 24.5 Å². The van der Waals surface area contributed by atoms with Gasteiger partial charge in [0, 0.05) is 30.9 Å². The van der Waals surface area contributed by atoms with Crippen LogP contribution in [-0.2, 0) is 16.4 Å². The number of nitrogens with zero attached hydrogens (tertiary/aromatic N) is 2. The second kappa shape index (κ2) is 7.09. The first-order valence-electron chi connectivity index (χ1n) is 9.48. The monoisotopic (exact) mass is 384 g/mol. The molecule has 0 bridgehead atoms. The van der Waals surface area contributed by atoms with Gasteiger partial charge in [-0.25, -0.2) is 8.42 Å². The van der Waals surface area contributed by atoms with Gasteiger partial charge < -0.3 is 4.90 Å². The summed E-state index contributed by atoms with van der Waals surface area (Å²) in [6, 6.07) is 12.5. The number of rotatable bonds is 3. The van der Waals surface area contributed by atoms with Gasteiger partial charge in [-0.3, -0.25) is 4.79 Å². The molecule has 0 spiro atoms. The summed E-state index contributed by atoms with van der Waals surface area (Å²) >= 11 is 0. The predicted molar refractivity (Wildman–Crippen MR) is 106 cm³/mol. The molecule has 2 aliphatic rings. The Morgan fingerprint density at radius 3 is 2.33 bits per heavy atom. The summed E-state index contributed by atoms with van der Waals surface area (Å²) in [5.41, 5.74) is 3.87. The normalized spacial score (nSPS) is 17.7. The molecule has 5 nitrogen and oxygen atoms in total. The minimum atomic E-state index is -3.45. The van der Waals surface area contributed by atoms with Crippen LogP contribution in [0.25, 0.3) is 0 Å². The average molecular weight is 385 g/mol. The fourth-order valence-corrected chi connectivity index (χ4v) is 5.46. The average Bonchev–Trinajstić information content (AvgIpc) is 3.22. The lowest BCUT2D eigenvalue weighted by Crippen LogP contribution is -2.35. The molecule has 0 saturated carbocycles. The SMILES string of the molecule is Cc1ccc2c(c1)CCCN2C(=O)c1ccc(S(=O)(=O)N2CCCC2)cc1. The van der Waals surface area contributed by atoms with Crippen LogP contribution in [0.1, 0.15) is 40.7 Å². The Morgan fingerprint density at radius 1 is 0.926 bits per heavy atom. The highest BCUT2D eigenvalue weighted by Gasteiger charge is 2.28. The molecule has 0 aromatic heterocycles. The van der Waals surface area contributed by atoms with Gasteiger partial charge in [0.2, 0.25) is 10.0 Å². The van der Waals surface area contributed by atoms with E-state index in [4.69, 9.17) is 0 Å². The molecule has 0 N–H and O–H groups in total. The van der Waals surface area contributed by atoms with E-state index >= 15 is 0 Å². The Bertz CT molecular complexity index is 961. The molecule has 4 rings (SSSR count). The van der Waals surface area contributed by atoms with Gasteiger partial charge in [-0.2, -0.15) is 4.31 Å². The molecule has 2 aromatic carbocycles. The molecular formula is C21H24N2O3S. The minimum Gasteiger partial charge on any atom is -0.308 e. The van der Waals surface area contributed by atoms with Crippen molar-refractivity contribution in [3.05, 3.63) is 59.2 Å². The van der Waals surface area contributed by atoms with Crippen molar-refractivity contribution in [1.82, 2.24) is 4.31 Å². The number of hydrogen-bond acceptors (Lipinski definition) is 3. The second-order valence-corrected chi connectivity index (χ2v) is 9.27. The first-order valence-corrected chi connectivity index (χ1v) is 10.9. The smallest absolute Gasteiger partial charge is 0.258 e. The summed E-state index contributed by atoms with van der Waals surface area (Å²) in [4.78, 5) is 15.1. The van der Waals surface area contributed by atoms with Gasteiger partial charge in [0.1, 0.15) is 0 Å². The number of carbonyl (C=O) groups is 1. The van der Waals surface area contributed by atoms with Crippen molar-refractivity contribution in [2.24, 2.45) is 0 Å². The summed E-state index contributed by atoms with van der Waals surface area (Å²) < 4.78 is 26.8. The van der Waals surface area contributed by atoms with E-state index in [2.05, 4.69) is 13.0 Å². The third-order valence-corrected chi connectivity index (χ3v) is 7.32. The molecule has 0 unspecified atom stereocenters. The Labute approximate surface area is 160 Å². The van der Waals surface area contributed by atoms with Crippen LogP contribution in [0.2, 0.25) is 0 Å². The molecule has 0 radical (unpaired) electrons. The maximum Gasteiger partial charge on any atom is 0.258 e. The predicted octanol–water partition coefficient (Wildman–Crippen LogP) is 3.37. The number of anilines is 1.